The van der Waals surface area contributed by atoms with E-state index in [2.05, 4.69) is 262 Å². The highest BCUT2D eigenvalue weighted by Crippen LogP contribution is 2.49. The third-order valence-electron chi connectivity index (χ3n) is 25.0. The van der Waals surface area contributed by atoms with Crippen LogP contribution < -0.4 is 0 Å². The Morgan fingerprint density at radius 2 is 0.394 bits per heavy atom. The van der Waals surface area contributed by atoms with Gasteiger partial charge in [-0.05, 0) is 151 Å². The fourth-order valence-corrected chi connectivity index (χ4v) is 19.4. The highest BCUT2D eigenvalue weighted by molar-refractivity contribution is 6.25. The lowest BCUT2D eigenvalue weighted by atomic mass is 9.98. The molecule has 17 aromatic carbocycles. The molecule has 0 saturated heterocycles. The number of nitrogens with zero attached hydrogens (tertiary/aromatic N) is 9. The molecule has 0 fully saturated rings. The van der Waals surface area contributed by atoms with Crippen LogP contribution in [0.2, 0.25) is 0 Å². The van der Waals surface area contributed by atoms with Gasteiger partial charge in [0.05, 0.1) is 33.6 Å². The van der Waals surface area contributed by atoms with Crippen molar-refractivity contribution < 1.29 is 26.5 Å². The molecule has 0 aliphatic carbocycles. The Kier molecular flexibility index (Phi) is 15.2. The van der Waals surface area contributed by atoms with Crippen LogP contribution in [0, 0.1) is 0 Å². The van der Waals surface area contributed by atoms with Gasteiger partial charge in [-0.2, -0.15) is 0 Å². The Hall–Kier alpha value is -17.6. The molecule has 127 heavy (non-hydrogen) atoms. The zero-order valence-corrected chi connectivity index (χ0v) is 67.3. The van der Waals surface area contributed by atoms with Crippen LogP contribution in [-0.2, 0) is 0 Å². The molecule has 12 heterocycles. The van der Waals surface area contributed by atoms with Crippen LogP contribution in [0.4, 0.5) is 0 Å². The Morgan fingerprint density at radius 3 is 0.724 bits per heavy atom. The first kappa shape index (κ1) is 70.2. The maximum Gasteiger partial charge on any atom is 0.236 e. The zero-order valence-electron chi connectivity index (χ0n) is 67.3. The minimum absolute atomic E-state index is 0.568. The molecule has 15 heteroatoms. The molecule has 29 rings (SSSR count). The van der Waals surface area contributed by atoms with E-state index in [1.165, 1.54) is 16.3 Å². The molecular formula is C112H63N9O6. The van der Waals surface area contributed by atoms with Crippen molar-refractivity contribution in [2.24, 2.45) is 0 Å². The summed E-state index contributed by atoms with van der Waals surface area (Å²) in [6, 6.07) is 131. The first-order valence-electron chi connectivity index (χ1n) is 42.3. The summed E-state index contributed by atoms with van der Waals surface area (Å²) in [4.78, 5) is 31.8. The topological polar surface area (TPSA) is 171 Å². The highest BCUT2D eigenvalue weighted by atomic mass is 16.4. The van der Waals surface area contributed by atoms with Gasteiger partial charge in [-0.25, -0.2) is 29.9 Å². The van der Waals surface area contributed by atoms with Crippen LogP contribution in [0.15, 0.2) is 409 Å². The van der Waals surface area contributed by atoms with Gasteiger partial charge in [-0.1, -0.05) is 285 Å². The van der Waals surface area contributed by atoms with E-state index in [-0.39, 0.29) is 0 Å². The van der Waals surface area contributed by atoms with E-state index in [1.807, 2.05) is 133 Å². The van der Waals surface area contributed by atoms with E-state index in [4.69, 9.17) is 56.4 Å². The van der Waals surface area contributed by atoms with Crippen molar-refractivity contribution in [3.63, 3.8) is 0 Å². The van der Waals surface area contributed by atoms with E-state index in [0.717, 1.165) is 203 Å². The molecule has 0 atom stereocenters. The average Bonchev–Trinajstić information content (AvgIpc) is 1.55. The Bertz CT molecular complexity index is 9380. The number of fused-ring (bicyclic) bond motifs is 31. The smallest absolute Gasteiger partial charge is 0.236 e. The SMILES string of the molecule is c1ccc(-c2ccc(-c3nc(-n4c5c6ccccc6oc5c5oc6ccccc6c54)nc4ccc5ccccc5c34)cc2)cc1.c1ccc(-c2nc(-n3c4c5ccccc5oc4c4oc5ccccc5c43)nc3ccc4ccccc4c23)cc1.c1ccc2cc(-c3nc(-n4c5c6ccccc6oc5c5oc6ccccc6c54)nc4ccc5ccccc5c34)ccc2c1. The maximum absolute atomic E-state index is 6.44. The molecule has 592 valence electrons. The highest BCUT2D eigenvalue weighted by Gasteiger charge is 2.32. The second-order valence-electron chi connectivity index (χ2n) is 32.2. The normalized spacial score (nSPS) is 12.1. The van der Waals surface area contributed by atoms with Gasteiger partial charge in [0, 0.05) is 65.2 Å². The number of rotatable bonds is 7. The predicted octanol–water partition coefficient (Wildman–Crippen LogP) is 29.9. The van der Waals surface area contributed by atoms with Gasteiger partial charge in [-0.15, -0.1) is 0 Å². The van der Waals surface area contributed by atoms with E-state index < -0.39 is 0 Å². The van der Waals surface area contributed by atoms with Crippen LogP contribution in [-0.4, -0.2) is 43.6 Å². The van der Waals surface area contributed by atoms with Gasteiger partial charge in [0.15, 0.2) is 33.5 Å². The summed E-state index contributed by atoms with van der Waals surface area (Å²) < 4.78 is 44.9. The Morgan fingerprint density at radius 1 is 0.165 bits per heavy atom. The average molecular weight is 1630 g/mol. The van der Waals surface area contributed by atoms with Crippen molar-refractivity contribution in [1.29, 1.82) is 0 Å². The molecule has 0 aliphatic rings. The Labute approximate surface area is 718 Å². The second-order valence-corrected chi connectivity index (χ2v) is 32.2. The molecule has 0 amide bonds. The zero-order chi connectivity index (χ0) is 83.1. The van der Waals surface area contributed by atoms with Crippen molar-refractivity contribution in [3.8, 4) is 62.7 Å². The number of furan rings is 6. The van der Waals surface area contributed by atoms with Crippen molar-refractivity contribution in [2.45, 2.75) is 0 Å². The van der Waals surface area contributed by atoms with Crippen LogP contribution in [0.1, 0.15) is 0 Å². The fraction of sp³-hybridized carbons (Fsp3) is 0. The molecule has 29 aromatic rings. The Balaban J connectivity index is 0.0000000990. The van der Waals surface area contributed by atoms with Crippen molar-refractivity contribution in [1.82, 2.24) is 43.6 Å². The lowest BCUT2D eigenvalue weighted by Gasteiger charge is -2.13. The van der Waals surface area contributed by atoms with E-state index in [1.54, 1.807) is 0 Å². The summed E-state index contributed by atoms with van der Waals surface area (Å²) in [6.07, 6.45) is 0. The number of benzene rings is 17. The summed E-state index contributed by atoms with van der Waals surface area (Å²) in [5, 5.41) is 18.2. The summed E-state index contributed by atoms with van der Waals surface area (Å²) in [7, 11) is 0. The summed E-state index contributed by atoms with van der Waals surface area (Å²) in [5.41, 5.74) is 25.1. The quantitative estimate of drug-likeness (QED) is 0.139. The first-order valence-corrected chi connectivity index (χ1v) is 42.3. The lowest BCUT2D eigenvalue weighted by Crippen LogP contribution is -2.03. The van der Waals surface area contributed by atoms with Gasteiger partial charge >= 0.3 is 0 Å². The summed E-state index contributed by atoms with van der Waals surface area (Å²) in [6.45, 7) is 0. The van der Waals surface area contributed by atoms with Gasteiger partial charge < -0.3 is 26.5 Å². The molecule has 15 nitrogen and oxygen atoms in total. The number of hydrogen-bond acceptors (Lipinski definition) is 12. The van der Waals surface area contributed by atoms with Gasteiger partial charge in [0.2, 0.25) is 17.8 Å². The number of hydrogen-bond donors (Lipinski definition) is 0. The standard InChI is InChI=1S/C40H23N3O2.C38H21N3O2.C34H19N3O2/c1-2-10-24(11-3-1)25-18-20-27(21-19-25)35-34-28-13-5-4-12-26(28)22-23-31(34)41-40(42-35)43-36-29-14-6-8-16-32(29)44-38(36)39-37(43)30-15-7-9-17-33(30)45-39;1-2-11-24-21-25(18-17-22(24)9-1)33-32-26-12-4-3-10-23(26)19-20-29(32)39-38(40-33)41-34-27-13-5-7-15-30(27)42-36(34)37-35(41)28-14-6-8-16-31(28)43-37;1-2-11-21(12-3-1)29-28-22-13-5-4-10-20(22)18-19-25(28)35-34(36-29)37-30-23-14-6-8-16-26(23)38-32(30)33-31(37)24-15-7-9-17-27(24)39-33/h1-23H;1-21H;1-19H. The molecule has 0 bridgehead atoms. The maximum atomic E-state index is 6.44. The van der Waals surface area contributed by atoms with E-state index >= 15 is 0 Å². The third kappa shape index (κ3) is 10.7. The van der Waals surface area contributed by atoms with Gasteiger partial charge in [0.1, 0.15) is 66.6 Å². The van der Waals surface area contributed by atoms with Crippen LogP contribution in [0.5, 0.6) is 0 Å². The molecule has 0 spiro atoms. The van der Waals surface area contributed by atoms with Crippen molar-refractivity contribution in [3.05, 3.63) is 382 Å². The van der Waals surface area contributed by atoms with Crippen molar-refractivity contribution in [2.75, 3.05) is 0 Å². The molecule has 0 saturated carbocycles. The van der Waals surface area contributed by atoms with Gasteiger partial charge in [-0.3, -0.25) is 13.7 Å². The largest absolute Gasteiger partial charge is 0.450 e. The second kappa shape index (κ2) is 27.5. The van der Waals surface area contributed by atoms with Crippen molar-refractivity contribution >= 4 is 208 Å². The fourth-order valence-electron chi connectivity index (χ4n) is 19.4. The molecule has 0 unspecified atom stereocenters. The van der Waals surface area contributed by atoms with Crippen LogP contribution in [0.3, 0.4) is 0 Å². The predicted molar refractivity (Wildman–Crippen MR) is 512 cm³/mol. The van der Waals surface area contributed by atoms with Crippen LogP contribution >= 0.6 is 0 Å². The van der Waals surface area contributed by atoms with Crippen LogP contribution in [0.25, 0.3) is 271 Å². The molecule has 0 radical (unpaired) electrons. The molecule has 0 N–H and O–H groups in total. The molecular weight excluding hydrogens is 1570 g/mol. The monoisotopic (exact) mass is 1630 g/mol. The van der Waals surface area contributed by atoms with Gasteiger partial charge in [0.25, 0.3) is 0 Å². The molecule has 0 aliphatic heterocycles. The number of para-hydroxylation sites is 6. The summed E-state index contributed by atoms with van der Waals surface area (Å²) in [5.74, 6) is 1.72. The minimum Gasteiger partial charge on any atom is -0.450 e. The van der Waals surface area contributed by atoms with E-state index in [0.29, 0.717) is 51.3 Å². The van der Waals surface area contributed by atoms with E-state index in [9.17, 15) is 0 Å². The molecule has 12 aromatic heterocycles. The lowest BCUT2D eigenvalue weighted by molar-refractivity contribution is 0.634. The number of aromatic nitrogens is 9. The third-order valence-corrected chi connectivity index (χ3v) is 25.0. The minimum atomic E-state index is 0.568. The first-order chi connectivity index (χ1) is 63.0. The summed E-state index contributed by atoms with van der Waals surface area (Å²) >= 11 is 0.